The van der Waals surface area contributed by atoms with Gasteiger partial charge in [-0.15, -0.1) is 0 Å². The number of benzene rings is 2. The molecule has 0 aliphatic heterocycles. The molecule has 0 spiro atoms. The molecule has 0 saturated heterocycles. The van der Waals surface area contributed by atoms with Crippen LogP contribution in [-0.2, 0) is 0 Å². The fourth-order valence-electron chi connectivity index (χ4n) is 3.46. The topological polar surface area (TPSA) is 44.8 Å². The first-order valence-corrected chi connectivity index (χ1v) is 8.03. The molecular weight excluding hydrogens is 328 g/mol. The highest BCUT2D eigenvalue weighted by atomic mass is 35.5. The van der Waals surface area contributed by atoms with Gasteiger partial charge < -0.3 is 14.2 Å². The minimum atomic E-state index is -0.202. The second-order valence-corrected chi connectivity index (χ2v) is 6.23. The molecule has 0 N–H and O–H groups in total. The molecule has 0 radical (unpaired) electrons. The molecular formula is C19H19ClO4. The van der Waals surface area contributed by atoms with Gasteiger partial charge in [0, 0.05) is 28.0 Å². The highest BCUT2D eigenvalue weighted by Gasteiger charge is 2.42. The third kappa shape index (κ3) is 2.42. The highest BCUT2D eigenvalue weighted by Crippen LogP contribution is 2.53. The summed E-state index contributed by atoms with van der Waals surface area (Å²) in [6.07, 6.45) is 0. The summed E-state index contributed by atoms with van der Waals surface area (Å²) in [6, 6.07) is 9.30. The zero-order chi connectivity index (χ0) is 17.4. The molecule has 1 aliphatic rings. The Morgan fingerprint density at radius 1 is 0.958 bits per heavy atom. The molecule has 0 heterocycles. The van der Waals surface area contributed by atoms with Gasteiger partial charge in [-0.2, -0.15) is 0 Å². The minimum Gasteiger partial charge on any atom is -0.493 e. The van der Waals surface area contributed by atoms with Gasteiger partial charge in [0.2, 0.25) is 5.75 Å². The maximum Gasteiger partial charge on any atom is 0.203 e. The van der Waals surface area contributed by atoms with Crippen molar-refractivity contribution in [1.82, 2.24) is 0 Å². The first-order chi connectivity index (χ1) is 11.5. The summed E-state index contributed by atoms with van der Waals surface area (Å²) in [7, 11) is 4.68. The van der Waals surface area contributed by atoms with Crippen molar-refractivity contribution in [1.29, 1.82) is 0 Å². The number of fused-ring (bicyclic) bond motifs is 1. The number of halogens is 1. The van der Waals surface area contributed by atoms with Gasteiger partial charge in [-0.1, -0.05) is 30.7 Å². The Bertz CT molecular complexity index is 783. The van der Waals surface area contributed by atoms with Gasteiger partial charge in [-0.05, 0) is 23.8 Å². The number of ether oxygens (including phenoxy) is 3. The molecule has 126 valence electrons. The van der Waals surface area contributed by atoms with Crippen LogP contribution in [0.1, 0.15) is 34.3 Å². The lowest BCUT2D eigenvalue weighted by atomic mass is 9.86. The zero-order valence-corrected chi connectivity index (χ0v) is 14.8. The first-order valence-electron chi connectivity index (χ1n) is 7.66. The lowest BCUT2D eigenvalue weighted by molar-refractivity contribution is 0.0939. The standard InChI is InChI=1S/C19H19ClO4/c1-10-15(11-5-7-12(20)8-6-11)16-13(17(10)21)9-14(22-2)18(23-3)19(16)24-4/h5-10,15H,1-4H3/t10-,15+/m0/s1. The fraction of sp³-hybridized carbons (Fsp3) is 0.316. The maximum absolute atomic E-state index is 12.8. The van der Waals surface area contributed by atoms with Gasteiger partial charge in [0.25, 0.3) is 0 Å². The van der Waals surface area contributed by atoms with E-state index in [1.165, 1.54) is 0 Å². The molecule has 4 nitrogen and oxygen atoms in total. The van der Waals surface area contributed by atoms with Crippen molar-refractivity contribution < 1.29 is 19.0 Å². The van der Waals surface area contributed by atoms with Gasteiger partial charge >= 0.3 is 0 Å². The molecule has 2 atom stereocenters. The summed E-state index contributed by atoms with van der Waals surface area (Å²) in [6.45, 7) is 1.93. The number of carbonyl (C=O) groups excluding carboxylic acids is 1. The second-order valence-electron chi connectivity index (χ2n) is 5.79. The predicted octanol–water partition coefficient (Wildman–Crippen LogP) is 4.33. The number of carbonyl (C=O) groups is 1. The van der Waals surface area contributed by atoms with Crippen LogP contribution in [-0.4, -0.2) is 27.1 Å². The Balaban J connectivity index is 2.27. The summed E-state index contributed by atoms with van der Waals surface area (Å²) >= 11 is 6.00. The van der Waals surface area contributed by atoms with Gasteiger partial charge in [0.1, 0.15) is 0 Å². The maximum atomic E-state index is 12.8. The van der Waals surface area contributed by atoms with Crippen molar-refractivity contribution in [3.63, 3.8) is 0 Å². The molecule has 2 aromatic carbocycles. The third-order valence-electron chi connectivity index (χ3n) is 4.59. The number of rotatable bonds is 4. The second kappa shape index (κ2) is 6.36. The van der Waals surface area contributed by atoms with Crippen LogP contribution < -0.4 is 14.2 Å². The van der Waals surface area contributed by atoms with Crippen molar-refractivity contribution in [2.75, 3.05) is 21.3 Å². The van der Waals surface area contributed by atoms with Crippen molar-refractivity contribution in [2.24, 2.45) is 5.92 Å². The van der Waals surface area contributed by atoms with E-state index >= 15 is 0 Å². The van der Waals surface area contributed by atoms with Crippen molar-refractivity contribution >= 4 is 17.4 Å². The average molecular weight is 347 g/mol. The van der Waals surface area contributed by atoms with Crippen LogP contribution in [0.4, 0.5) is 0 Å². The molecule has 0 amide bonds. The van der Waals surface area contributed by atoms with Crippen LogP contribution in [0.15, 0.2) is 30.3 Å². The minimum absolute atomic E-state index is 0.0733. The van der Waals surface area contributed by atoms with Crippen LogP contribution in [0.25, 0.3) is 0 Å². The van der Waals surface area contributed by atoms with Gasteiger partial charge in [0.05, 0.1) is 21.3 Å². The Labute approximate surface area is 146 Å². The third-order valence-corrected chi connectivity index (χ3v) is 4.84. The number of hydrogen-bond acceptors (Lipinski definition) is 4. The SMILES string of the molecule is COc1cc2c(c(OC)c1OC)[C@@H](c1ccc(Cl)cc1)[C@H](C)C2=O. The normalized spacial score (nSPS) is 19.1. The predicted molar refractivity (Wildman–Crippen MR) is 92.9 cm³/mol. The van der Waals surface area contributed by atoms with E-state index in [4.69, 9.17) is 25.8 Å². The molecule has 0 unspecified atom stereocenters. The average Bonchev–Trinajstić information content (AvgIpc) is 2.85. The first kappa shape index (κ1) is 16.7. The lowest BCUT2D eigenvalue weighted by Gasteiger charge is -2.21. The van der Waals surface area contributed by atoms with E-state index in [0.717, 1.165) is 11.1 Å². The monoisotopic (exact) mass is 346 g/mol. The Morgan fingerprint density at radius 3 is 2.12 bits per heavy atom. The Morgan fingerprint density at radius 2 is 1.58 bits per heavy atom. The summed E-state index contributed by atoms with van der Waals surface area (Å²) < 4.78 is 16.5. The van der Waals surface area contributed by atoms with Gasteiger partial charge in [-0.25, -0.2) is 0 Å². The van der Waals surface area contributed by atoms with E-state index in [0.29, 0.717) is 27.8 Å². The zero-order valence-electron chi connectivity index (χ0n) is 14.1. The van der Waals surface area contributed by atoms with E-state index in [1.807, 2.05) is 31.2 Å². The summed E-state index contributed by atoms with van der Waals surface area (Å²) in [5.41, 5.74) is 2.48. The molecule has 2 aromatic rings. The summed E-state index contributed by atoms with van der Waals surface area (Å²) in [4.78, 5) is 12.8. The van der Waals surface area contributed by atoms with E-state index in [-0.39, 0.29) is 17.6 Å². The largest absolute Gasteiger partial charge is 0.493 e. The van der Waals surface area contributed by atoms with Crippen molar-refractivity contribution in [3.05, 3.63) is 52.0 Å². The Kier molecular flexibility index (Phi) is 4.41. The van der Waals surface area contributed by atoms with Crippen molar-refractivity contribution in [3.8, 4) is 17.2 Å². The molecule has 1 aliphatic carbocycles. The highest BCUT2D eigenvalue weighted by molar-refractivity contribution is 6.30. The number of hydrogen-bond donors (Lipinski definition) is 0. The fourth-order valence-corrected chi connectivity index (χ4v) is 3.59. The van der Waals surface area contributed by atoms with Gasteiger partial charge in [0.15, 0.2) is 17.3 Å². The van der Waals surface area contributed by atoms with Crippen LogP contribution in [0.2, 0.25) is 5.02 Å². The number of methoxy groups -OCH3 is 3. The van der Waals surface area contributed by atoms with Crippen molar-refractivity contribution in [2.45, 2.75) is 12.8 Å². The van der Waals surface area contributed by atoms with Crippen LogP contribution >= 0.6 is 11.6 Å². The smallest absolute Gasteiger partial charge is 0.203 e. The molecule has 5 heteroatoms. The summed E-state index contributed by atoms with van der Waals surface area (Å²) in [5, 5.41) is 0.662. The molecule has 0 bridgehead atoms. The molecule has 24 heavy (non-hydrogen) atoms. The lowest BCUT2D eigenvalue weighted by Crippen LogP contribution is -2.10. The van der Waals surface area contributed by atoms with Crippen LogP contribution in [0.3, 0.4) is 0 Å². The molecule has 3 rings (SSSR count). The van der Waals surface area contributed by atoms with E-state index in [9.17, 15) is 4.79 Å². The summed E-state index contributed by atoms with van der Waals surface area (Å²) in [5.74, 6) is 1.30. The molecule has 0 fully saturated rings. The van der Waals surface area contributed by atoms with E-state index in [1.54, 1.807) is 27.4 Å². The molecule has 0 saturated carbocycles. The van der Waals surface area contributed by atoms with Gasteiger partial charge in [-0.3, -0.25) is 4.79 Å². The molecule has 0 aromatic heterocycles. The van der Waals surface area contributed by atoms with E-state index in [2.05, 4.69) is 0 Å². The van der Waals surface area contributed by atoms with Crippen LogP contribution in [0, 0.1) is 5.92 Å². The van der Waals surface area contributed by atoms with E-state index < -0.39 is 0 Å². The van der Waals surface area contributed by atoms with Crippen LogP contribution in [0.5, 0.6) is 17.2 Å². The number of Topliss-reactive ketones (excluding diaryl/α,β-unsaturated/α-hetero) is 1. The quantitative estimate of drug-likeness (QED) is 0.826. The Hall–Kier alpha value is -2.20. The number of ketones is 1.